The molecule has 5 nitrogen and oxygen atoms in total. The Morgan fingerprint density at radius 2 is 2.52 bits per heavy atom. The van der Waals surface area contributed by atoms with Gasteiger partial charge in [-0.05, 0) is 18.6 Å². The van der Waals surface area contributed by atoms with Gasteiger partial charge in [-0.25, -0.2) is 4.98 Å². The number of anilines is 1. The van der Waals surface area contributed by atoms with Crippen molar-refractivity contribution in [1.29, 1.82) is 0 Å². The molecule has 0 spiro atoms. The summed E-state index contributed by atoms with van der Waals surface area (Å²) in [4.78, 5) is 10.9. The van der Waals surface area contributed by atoms with E-state index >= 15 is 0 Å². The zero-order valence-electron chi connectivity index (χ0n) is 13.5. The minimum Gasteiger partial charge on any atom is -0.356 e. The average Bonchev–Trinajstić information content (AvgIpc) is 3.02. The van der Waals surface area contributed by atoms with Gasteiger partial charge in [-0.1, -0.05) is 17.7 Å². The van der Waals surface area contributed by atoms with Crippen LogP contribution in [0.4, 0.5) is 5.82 Å². The summed E-state index contributed by atoms with van der Waals surface area (Å²) in [5, 5.41) is 7.52. The molecule has 1 saturated heterocycles. The SMILES string of the molecule is C=CCSCCNC(=NC)NC1CCN(c2ncccc2Cl)C1. The Bertz CT molecular complexity index is 537. The van der Waals surface area contributed by atoms with Gasteiger partial charge in [-0.2, -0.15) is 11.8 Å². The van der Waals surface area contributed by atoms with Gasteiger partial charge >= 0.3 is 0 Å². The molecule has 0 bridgehead atoms. The molecule has 1 aromatic rings. The molecule has 126 valence electrons. The van der Waals surface area contributed by atoms with Gasteiger partial charge in [0.25, 0.3) is 0 Å². The number of aromatic nitrogens is 1. The van der Waals surface area contributed by atoms with E-state index in [1.807, 2.05) is 30.0 Å². The second-order valence-electron chi connectivity index (χ2n) is 5.25. The molecule has 0 aromatic carbocycles. The van der Waals surface area contributed by atoms with Crippen molar-refractivity contribution < 1.29 is 0 Å². The molecule has 1 fully saturated rings. The van der Waals surface area contributed by atoms with Gasteiger partial charge in [0.1, 0.15) is 5.82 Å². The molecule has 1 aliphatic heterocycles. The number of thioether (sulfide) groups is 1. The largest absolute Gasteiger partial charge is 0.356 e. The predicted octanol–water partition coefficient (Wildman–Crippen LogP) is 2.40. The summed E-state index contributed by atoms with van der Waals surface area (Å²) in [6.45, 7) is 6.43. The third kappa shape index (κ3) is 5.62. The standard InChI is InChI=1S/C16H24ClN5S/c1-3-10-23-11-8-20-16(18-2)21-13-6-9-22(12-13)15-14(17)5-4-7-19-15/h3-5,7,13H,1,6,8-12H2,2H3,(H2,18,20,21). The minimum atomic E-state index is 0.347. The van der Waals surface area contributed by atoms with Crippen molar-refractivity contribution in [3.8, 4) is 0 Å². The number of pyridine rings is 1. The Hall–Kier alpha value is -1.40. The molecule has 7 heteroatoms. The zero-order chi connectivity index (χ0) is 16.5. The molecule has 1 atom stereocenters. The van der Waals surface area contributed by atoms with Crippen LogP contribution in [0.5, 0.6) is 0 Å². The summed E-state index contributed by atoms with van der Waals surface area (Å²) in [7, 11) is 1.80. The van der Waals surface area contributed by atoms with E-state index < -0.39 is 0 Å². The van der Waals surface area contributed by atoms with Gasteiger partial charge in [0.15, 0.2) is 5.96 Å². The first-order valence-corrected chi connectivity index (χ1v) is 9.29. The van der Waals surface area contributed by atoms with Crippen LogP contribution in [0.15, 0.2) is 36.0 Å². The van der Waals surface area contributed by atoms with Crippen molar-refractivity contribution >= 4 is 35.1 Å². The first kappa shape index (κ1) is 17.9. The van der Waals surface area contributed by atoms with Crippen LogP contribution in [0.3, 0.4) is 0 Å². The van der Waals surface area contributed by atoms with E-state index in [0.29, 0.717) is 11.1 Å². The van der Waals surface area contributed by atoms with Crippen molar-refractivity contribution in [3.63, 3.8) is 0 Å². The Morgan fingerprint density at radius 3 is 3.26 bits per heavy atom. The molecule has 0 radical (unpaired) electrons. The summed E-state index contributed by atoms with van der Waals surface area (Å²) < 4.78 is 0. The number of hydrogen-bond donors (Lipinski definition) is 2. The second kappa shape index (κ2) is 9.67. The zero-order valence-corrected chi connectivity index (χ0v) is 15.0. The highest BCUT2D eigenvalue weighted by molar-refractivity contribution is 7.99. The Kier molecular flexibility index (Phi) is 7.55. The van der Waals surface area contributed by atoms with Gasteiger partial charge < -0.3 is 15.5 Å². The van der Waals surface area contributed by atoms with E-state index in [4.69, 9.17) is 11.6 Å². The quantitative estimate of drug-likeness (QED) is 0.341. The number of nitrogens with one attached hydrogen (secondary N) is 2. The Labute approximate surface area is 147 Å². The maximum Gasteiger partial charge on any atom is 0.191 e. The summed E-state index contributed by atoms with van der Waals surface area (Å²) in [5.41, 5.74) is 0. The topological polar surface area (TPSA) is 52.6 Å². The van der Waals surface area contributed by atoms with Crippen molar-refractivity contribution in [2.24, 2.45) is 4.99 Å². The van der Waals surface area contributed by atoms with E-state index in [-0.39, 0.29) is 0 Å². The highest BCUT2D eigenvalue weighted by atomic mass is 35.5. The fourth-order valence-electron chi connectivity index (χ4n) is 2.48. The molecule has 0 saturated carbocycles. The van der Waals surface area contributed by atoms with Gasteiger partial charge in [-0.3, -0.25) is 4.99 Å². The summed E-state index contributed by atoms with van der Waals surface area (Å²) >= 11 is 8.08. The lowest BCUT2D eigenvalue weighted by Gasteiger charge is -2.20. The monoisotopic (exact) mass is 353 g/mol. The van der Waals surface area contributed by atoms with Crippen LogP contribution in [-0.2, 0) is 0 Å². The number of nitrogens with zero attached hydrogens (tertiary/aromatic N) is 3. The van der Waals surface area contributed by atoms with Crippen LogP contribution in [0.1, 0.15) is 6.42 Å². The van der Waals surface area contributed by atoms with Crippen LogP contribution in [-0.4, -0.2) is 55.2 Å². The average molecular weight is 354 g/mol. The van der Waals surface area contributed by atoms with Gasteiger partial charge in [0.2, 0.25) is 0 Å². The second-order valence-corrected chi connectivity index (χ2v) is 6.80. The summed E-state index contributed by atoms with van der Waals surface area (Å²) in [5.74, 6) is 3.73. The maximum atomic E-state index is 6.23. The molecule has 1 aromatic heterocycles. The molecule has 2 N–H and O–H groups in total. The molecule has 23 heavy (non-hydrogen) atoms. The molecule has 0 amide bonds. The molecule has 2 heterocycles. The summed E-state index contributed by atoms with van der Waals surface area (Å²) in [6.07, 6.45) is 4.75. The molecule has 2 rings (SSSR count). The smallest absolute Gasteiger partial charge is 0.191 e. The van der Waals surface area contributed by atoms with E-state index in [1.54, 1.807) is 13.2 Å². The third-order valence-corrected chi connectivity index (χ3v) is 4.83. The predicted molar refractivity (Wildman–Crippen MR) is 102 cm³/mol. The highest BCUT2D eigenvalue weighted by Gasteiger charge is 2.25. The van der Waals surface area contributed by atoms with Gasteiger partial charge in [0, 0.05) is 50.4 Å². The molecule has 0 aliphatic carbocycles. The minimum absolute atomic E-state index is 0.347. The molecule has 1 aliphatic rings. The maximum absolute atomic E-state index is 6.23. The van der Waals surface area contributed by atoms with Crippen molar-refractivity contribution in [2.75, 3.05) is 43.1 Å². The lowest BCUT2D eigenvalue weighted by Crippen LogP contribution is -2.45. The molecule has 1 unspecified atom stereocenters. The fraction of sp³-hybridized carbons (Fsp3) is 0.500. The van der Waals surface area contributed by atoms with E-state index in [0.717, 1.165) is 49.3 Å². The lowest BCUT2D eigenvalue weighted by molar-refractivity contribution is 0.652. The van der Waals surface area contributed by atoms with E-state index in [2.05, 4.69) is 32.1 Å². The Morgan fingerprint density at radius 1 is 1.65 bits per heavy atom. The lowest BCUT2D eigenvalue weighted by atomic mass is 10.3. The number of rotatable bonds is 7. The third-order valence-electron chi connectivity index (χ3n) is 3.57. The summed E-state index contributed by atoms with van der Waals surface area (Å²) in [6, 6.07) is 4.08. The van der Waals surface area contributed by atoms with Crippen molar-refractivity contribution in [2.45, 2.75) is 12.5 Å². The molecular formula is C16H24ClN5S. The van der Waals surface area contributed by atoms with Crippen molar-refractivity contribution in [3.05, 3.63) is 36.0 Å². The first-order valence-electron chi connectivity index (χ1n) is 7.76. The number of hydrogen-bond acceptors (Lipinski definition) is 4. The highest BCUT2D eigenvalue weighted by Crippen LogP contribution is 2.25. The first-order chi connectivity index (χ1) is 11.2. The van der Waals surface area contributed by atoms with E-state index in [9.17, 15) is 0 Å². The fourth-order valence-corrected chi connectivity index (χ4v) is 3.30. The van der Waals surface area contributed by atoms with Crippen molar-refractivity contribution in [1.82, 2.24) is 15.6 Å². The van der Waals surface area contributed by atoms with Gasteiger partial charge in [0.05, 0.1) is 5.02 Å². The van der Waals surface area contributed by atoms with Gasteiger partial charge in [-0.15, -0.1) is 6.58 Å². The number of halogens is 1. The van der Waals surface area contributed by atoms with Crippen LogP contribution in [0.2, 0.25) is 5.02 Å². The van der Waals surface area contributed by atoms with Crippen LogP contribution in [0.25, 0.3) is 0 Å². The van der Waals surface area contributed by atoms with Crippen LogP contribution >= 0.6 is 23.4 Å². The van der Waals surface area contributed by atoms with E-state index in [1.165, 1.54) is 0 Å². The molecular weight excluding hydrogens is 330 g/mol. The van der Waals surface area contributed by atoms with Crippen LogP contribution < -0.4 is 15.5 Å². The van der Waals surface area contributed by atoms with Crippen LogP contribution in [0, 0.1) is 0 Å². The number of guanidine groups is 1. The normalized spacial score (nSPS) is 18.1. The Balaban J connectivity index is 1.77. The number of aliphatic imine (C=N–C) groups is 1.